The van der Waals surface area contributed by atoms with Gasteiger partial charge in [-0.25, -0.2) is 9.45 Å². The molecule has 1 aromatic rings. The van der Waals surface area contributed by atoms with Crippen LogP contribution in [0.4, 0.5) is 4.39 Å². The Balaban J connectivity index is 2.12. The molecule has 1 aliphatic carbocycles. The van der Waals surface area contributed by atoms with Crippen LogP contribution in [0.2, 0.25) is 0 Å². The maximum absolute atomic E-state index is 14.5. The molecule has 1 saturated heterocycles. The second-order valence-corrected chi connectivity index (χ2v) is 6.63. The number of hydrogen-bond donors (Lipinski definition) is 0. The molecule has 1 heterocycles. The van der Waals surface area contributed by atoms with E-state index in [1.807, 2.05) is 0 Å². The second-order valence-electron chi connectivity index (χ2n) is 5.72. The summed E-state index contributed by atoms with van der Waals surface area (Å²) in [5, 5.41) is 1.33. The van der Waals surface area contributed by atoms with Gasteiger partial charge in [0.25, 0.3) is 0 Å². The molecule has 0 radical (unpaired) electrons. The van der Waals surface area contributed by atoms with Crippen LogP contribution >= 0.6 is 15.9 Å². The molecule has 0 unspecified atom stereocenters. The van der Waals surface area contributed by atoms with Gasteiger partial charge in [-0.2, -0.15) is 0 Å². The zero-order valence-electron chi connectivity index (χ0n) is 12.2. The molecule has 1 saturated carbocycles. The fourth-order valence-electron chi connectivity index (χ4n) is 3.72. The SMILES string of the molecule is C=CO[C@H]1C[C@@H]2CON(C(C)=O)[C@@]2(c2cc(Br)ccc2F)C1. The summed E-state index contributed by atoms with van der Waals surface area (Å²) in [4.78, 5) is 17.6. The van der Waals surface area contributed by atoms with Gasteiger partial charge in [-0.05, 0) is 24.6 Å². The summed E-state index contributed by atoms with van der Waals surface area (Å²) in [7, 11) is 0. The normalized spacial score (nSPS) is 30.2. The van der Waals surface area contributed by atoms with Crippen molar-refractivity contribution in [2.75, 3.05) is 6.61 Å². The Hall–Kier alpha value is -1.40. The number of ether oxygens (including phenoxy) is 1. The molecule has 0 spiro atoms. The predicted molar refractivity (Wildman–Crippen MR) is 82.0 cm³/mol. The topological polar surface area (TPSA) is 38.8 Å². The molecule has 118 valence electrons. The first-order valence-corrected chi connectivity index (χ1v) is 7.94. The van der Waals surface area contributed by atoms with Crippen LogP contribution in [0, 0.1) is 11.7 Å². The van der Waals surface area contributed by atoms with Crippen molar-refractivity contribution < 1.29 is 18.8 Å². The summed E-state index contributed by atoms with van der Waals surface area (Å²) < 4.78 is 20.8. The number of hydroxylamine groups is 2. The van der Waals surface area contributed by atoms with Gasteiger partial charge in [0.1, 0.15) is 17.5 Å². The van der Waals surface area contributed by atoms with Gasteiger partial charge in [0, 0.05) is 29.3 Å². The zero-order valence-corrected chi connectivity index (χ0v) is 13.8. The highest BCUT2D eigenvalue weighted by Crippen LogP contribution is 2.54. The second kappa shape index (κ2) is 5.66. The van der Waals surface area contributed by atoms with Crippen LogP contribution in [0.3, 0.4) is 0 Å². The summed E-state index contributed by atoms with van der Waals surface area (Å²) in [5.41, 5.74) is -0.359. The summed E-state index contributed by atoms with van der Waals surface area (Å²) in [6.07, 6.45) is 2.47. The minimum absolute atomic E-state index is 0.00912. The molecule has 6 heteroatoms. The fraction of sp³-hybridized carbons (Fsp3) is 0.438. The molecule has 0 aromatic heterocycles. The number of fused-ring (bicyclic) bond motifs is 1. The first-order valence-electron chi connectivity index (χ1n) is 7.14. The molecule has 0 N–H and O–H groups in total. The summed E-state index contributed by atoms with van der Waals surface area (Å²) in [5.74, 6) is -0.588. The first kappa shape index (κ1) is 15.5. The van der Waals surface area contributed by atoms with Crippen LogP contribution < -0.4 is 0 Å². The van der Waals surface area contributed by atoms with Crippen LogP contribution in [0.25, 0.3) is 0 Å². The lowest BCUT2D eigenvalue weighted by Gasteiger charge is -2.36. The van der Waals surface area contributed by atoms with E-state index in [0.717, 1.165) is 4.47 Å². The molecular formula is C16H17BrFNO3. The van der Waals surface area contributed by atoms with Gasteiger partial charge in [-0.3, -0.25) is 9.63 Å². The lowest BCUT2D eigenvalue weighted by molar-refractivity contribution is -0.191. The minimum Gasteiger partial charge on any atom is -0.499 e. The standard InChI is InChI=1S/C16H17BrFNO3/c1-3-21-13-6-11-9-22-19(10(2)20)16(11,8-13)14-7-12(17)4-5-15(14)18/h3-5,7,11,13H,1,6,8-9H2,2H3/t11-,13+,16+/m1/s1. The molecule has 2 aliphatic rings. The third-order valence-corrected chi connectivity index (χ3v) is 4.99. The maximum Gasteiger partial charge on any atom is 0.243 e. The average molecular weight is 370 g/mol. The molecule has 2 fully saturated rings. The van der Waals surface area contributed by atoms with E-state index in [0.29, 0.717) is 25.0 Å². The van der Waals surface area contributed by atoms with Gasteiger partial charge >= 0.3 is 0 Å². The van der Waals surface area contributed by atoms with Crippen LogP contribution in [-0.4, -0.2) is 23.7 Å². The maximum atomic E-state index is 14.5. The number of carbonyl (C=O) groups excluding carboxylic acids is 1. The van der Waals surface area contributed by atoms with Crippen molar-refractivity contribution in [2.45, 2.75) is 31.4 Å². The van der Waals surface area contributed by atoms with Crippen molar-refractivity contribution in [3.8, 4) is 0 Å². The number of hydrogen-bond acceptors (Lipinski definition) is 3. The highest BCUT2D eigenvalue weighted by molar-refractivity contribution is 9.10. The monoisotopic (exact) mass is 369 g/mol. The quantitative estimate of drug-likeness (QED) is 0.765. The fourth-order valence-corrected chi connectivity index (χ4v) is 4.08. The van der Waals surface area contributed by atoms with Crippen LogP contribution in [0.5, 0.6) is 0 Å². The Morgan fingerprint density at radius 3 is 3.09 bits per heavy atom. The van der Waals surface area contributed by atoms with E-state index in [4.69, 9.17) is 9.57 Å². The van der Waals surface area contributed by atoms with Crippen LogP contribution in [0.1, 0.15) is 25.3 Å². The smallest absolute Gasteiger partial charge is 0.243 e. The Kier molecular flexibility index (Phi) is 3.99. The molecule has 1 aromatic carbocycles. The van der Waals surface area contributed by atoms with Crippen molar-refractivity contribution in [1.82, 2.24) is 5.06 Å². The Morgan fingerprint density at radius 2 is 2.41 bits per heavy atom. The number of carbonyl (C=O) groups is 1. The van der Waals surface area contributed by atoms with E-state index < -0.39 is 5.54 Å². The van der Waals surface area contributed by atoms with Gasteiger partial charge < -0.3 is 4.74 Å². The number of amides is 1. The van der Waals surface area contributed by atoms with Crippen molar-refractivity contribution in [2.24, 2.45) is 5.92 Å². The summed E-state index contributed by atoms with van der Waals surface area (Å²) in [6, 6.07) is 4.78. The molecule has 1 aliphatic heterocycles. The molecule has 1 amide bonds. The first-order chi connectivity index (χ1) is 10.5. The Labute approximate surface area is 137 Å². The zero-order chi connectivity index (χ0) is 15.9. The van der Waals surface area contributed by atoms with Crippen LogP contribution in [-0.2, 0) is 19.9 Å². The molecule has 4 nitrogen and oxygen atoms in total. The van der Waals surface area contributed by atoms with E-state index in [1.165, 1.54) is 24.3 Å². The van der Waals surface area contributed by atoms with E-state index in [9.17, 15) is 9.18 Å². The van der Waals surface area contributed by atoms with E-state index in [1.54, 1.807) is 12.1 Å². The number of rotatable bonds is 3. The van der Waals surface area contributed by atoms with E-state index in [-0.39, 0.29) is 23.7 Å². The number of nitrogens with zero attached hydrogens (tertiary/aromatic N) is 1. The molecule has 22 heavy (non-hydrogen) atoms. The highest BCUT2D eigenvalue weighted by Gasteiger charge is 2.60. The summed E-state index contributed by atoms with van der Waals surface area (Å²) >= 11 is 3.38. The van der Waals surface area contributed by atoms with E-state index >= 15 is 0 Å². The van der Waals surface area contributed by atoms with Gasteiger partial charge in [-0.1, -0.05) is 22.5 Å². The van der Waals surface area contributed by atoms with Crippen molar-refractivity contribution >= 4 is 21.8 Å². The van der Waals surface area contributed by atoms with E-state index in [2.05, 4.69) is 22.5 Å². The largest absolute Gasteiger partial charge is 0.499 e. The number of benzene rings is 1. The van der Waals surface area contributed by atoms with Gasteiger partial charge in [0.2, 0.25) is 5.91 Å². The van der Waals surface area contributed by atoms with Gasteiger partial charge in [0.15, 0.2) is 0 Å². The third kappa shape index (κ3) is 2.25. The van der Waals surface area contributed by atoms with Crippen molar-refractivity contribution in [1.29, 1.82) is 0 Å². The van der Waals surface area contributed by atoms with Crippen molar-refractivity contribution in [3.63, 3.8) is 0 Å². The Bertz CT molecular complexity index is 623. The van der Waals surface area contributed by atoms with Gasteiger partial charge in [-0.15, -0.1) is 0 Å². The lowest BCUT2D eigenvalue weighted by atomic mass is 9.81. The highest BCUT2D eigenvalue weighted by atomic mass is 79.9. The van der Waals surface area contributed by atoms with Gasteiger partial charge in [0.05, 0.1) is 12.9 Å². The third-order valence-electron chi connectivity index (χ3n) is 4.50. The molecular weight excluding hydrogens is 353 g/mol. The van der Waals surface area contributed by atoms with Crippen LogP contribution in [0.15, 0.2) is 35.5 Å². The summed E-state index contributed by atoms with van der Waals surface area (Å²) in [6.45, 7) is 5.39. The predicted octanol–water partition coefficient (Wildman–Crippen LogP) is 3.52. The molecule has 3 atom stereocenters. The molecule has 0 bridgehead atoms. The average Bonchev–Trinajstić information content (AvgIpc) is 2.97. The molecule has 3 rings (SSSR count). The minimum atomic E-state index is -0.826. The lowest BCUT2D eigenvalue weighted by Crippen LogP contribution is -2.45. The number of halogens is 2. The Morgan fingerprint density at radius 1 is 1.64 bits per heavy atom. The van der Waals surface area contributed by atoms with Crippen molar-refractivity contribution in [3.05, 3.63) is 46.9 Å².